The number of hydrogen-bond donors (Lipinski definition) is 1. The minimum atomic E-state index is -0.801. The Balaban J connectivity index is 1.68. The van der Waals surface area contributed by atoms with E-state index in [0.717, 1.165) is 4.90 Å². The summed E-state index contributed by atoms with van der Waals surface area (Å²) in [7, 11) is 1.59. The zero-order valence-electron chi connectivity index (χ0n) is 16.7. The van der Waals surface area contributed by atoms with Crippen LogP contribution in [0.5, 0.6) is 0 Å². The van der Waals surface area contributed by atoms with E-state index >= 15 is 0 Å². The van der Waals surface area contributed by atoms with Crippen molar-refractivity contribution < 1.29 is 23.9 Å². The van der Waals surface area contributed by atoms with Crippen molar-refractivity contribution in [3.05, 3.63) is 42.1 Å². The van der Waals surface area contributed by atoms with Crippen LogP contribution in [-0.2, 0) is 19.1 Å². The normalized spacial score (nSPS) is 28.4. The van der Waals surface area contributed by atoms with E-state index in [1.54, 1.807) is 64.2 Å². The first-order valence-corrected chi connectivity index (χ1v) is 9.51. The highest BCUT2D eigenvalue weighted by atomic mass is 16.6. The number of carbonyl (C=O) groups excluding carboxylic acids is 4. The molecule has 0 saturated carbocycles. The highest BCUT2D eigenvalue weighted by Gasteiger charge is 2.63. The minimum Gasteiger partial charge on any atom is -0.444 e. The fraction of sp³-hybridized carbons (Fsp3) is 0.429. The summed E-state index contributed by atoms with van der Waals surface area (Å²) < 4.78 is 5.30. The molecule has 152 valence electrons. The largest absolute Gasteiger partial charge is 0.444 e. The van der Waals surface area contributed by atoms with Crippen molar-refractivity contribution in [1.82, 2.24) is 10.2 Å². The first-order chi connectivity index (χ1) is 13.6. The van der Waals surface area contributed by atoms with Gasteiger partial charge >= 0.3 is 6.09 Å². The number of fused-ring (bicyclic) bond motifs is 1. The maximum Gasteiger partial charge on any atom is 0.411 e. The van der Waals surface area contributed by atoms with Gasteiger partial charge in [-0.15, -0.1) is 0 Å². The molecule has 0 aromatic heterocycles. The molecule has 1 N–H and O–H groups in total. The molecule has 2 saturated heterocycles. The number of likely N-dealkylation sites (N-methyl/N-ethyl adjacent to an activating group) is 1. The Kier molecular flexibility index (Phi) is 4.25. The van der Waals surface area contributed by atoms with E-state index < -0.39 is 35.5 Å². The van der Waals surface area contributed by atoms with Gasteiger partial charge < -0.3 is 9.64 Å². The van der Waals surface area contributed by atoms with Crippen LogP contribution < -0.4 is 10.2 Å². The number of alkyl carbamates (subject to hydrolysis) is 1. The summed E-state index contributed by atoms with van der Waals surface area (Å²) in [6.45, 7) is 5.24. The lowest BCUT2D eigenvalue weighted by atomic mass is 9.68. The number of amides is 4. The van der Waals surface area contributed by atoms with Gasteiger partial charge in [0.05, 0.1) is 29.5 Å². The van der Waals surface area contributed by atoms with Gasteiger partial charge in [0.1, 0.15) is 5.60 Å². The fourth-order valence-electron chi connectivity index (χ4n) is 4.43. The molecular weight excluding hydrogens is 374 g/mol. The van der Waals surface area contributed by atoms with Gasteiger partial charge in [-0.3, -0.25) is 19.7 Å². The van der Waals surface area contributed by atoms with E-state index in [-0.39, 0.29) is 17.7 Å². The molecule has 3 heterocycles. The number of nitrogens with zero attached hydrogens (tertiary/aromatic N) is 2. The number of benzene rings is 1. The molecule has 2 fully saturated rings. The van der Waals surface area contributed by atoms with Crippen LogP contribution in [0.15, 0.2) is 42.1 Å². The van der Waals surface area contributed by atoms with Crippen molar-refractivity contribution in [3.8, 4) is 0 Å². The number of carbonyl (C=O) groups is 4. The number of hydrogen-bond acceptors (Lipinski definition) is 5. The third-order valence-electron chi connectivity index (χ3n) is 5.51. The Morgan fingerprint density at radius 1 is 1.00 bits per heavy atom. The average molecular weight is 397 g/mol. The number of para-hydroxylation sites is 1. The molecule has 1 aromatic carbocycles. The summed E-state index contributed by atoms with van der Waals surface area (Å²) >= 11 is 0. The maximum atomic E-state index is 13.2. The smallest absolute Gasteiger partial charge is 0.411 e. The van der Waals surface area contributed by atoms with E-state index in [9.17, 15) is 19.2 Å². The van der Waals surface area contributed by atoms with Gasteiger partial charge in [0.2, 0.25) is 17.7 Å². The molecule has 0 radical (unpaired) electrons. The molecule has 3 aliphatic heterocycles. The number of rotatable bonds is 2. The molecule has 29 heavy (non-hydrogen) atoms. The molecule has 4 atom stereocenters. The molecule has 1 aliphatic carbocycles. The fourth-order valence-corrected chi connectivity index (χ4v) is 4.43. The lowest BCUT2D eigenvalue weighted by molar-refractivity contribution is -0.149. The van der Waals surface area contributed by atoms with Crippen molar-refractivity contribution in [2.75, 3.05) is 11.9 Å². The van der Waals surface area contributed by atoms with Crippen molar-refractivity contribution in [3.63, 3.8) is 0 Å². The molecule has 5 rings (SSSR count). The molecule has 4 amide bonds. The molecule has 0 spiro atoms. The van der Waals surface area contributed by atoms with Gasteiger partial charge in [-0.1, -0.05) is 18.2 Å². The maximum absolute atomic E-state index is 13.2. The molecule has 2 bridgehead atoms. The predicted octanol–water partition coefficient (Wildman–Crippen LogP) is 1.67. The van der Waals surface area contributed by atoms with Crippen LogP contribution in [0.4, 0.5) is 10.5 Å². The second-order valence-electron chi connectivity index (χ2n) is 8.57. The summed E-state index contributed by atoms with van der Waals surface area (Å²) in [6, 6.07) is 7.94. The van der Waals surface area contributed by atoms with E-state index in [1.165, 1.54) is 4.90 Å². The monoisotopic (exact) mass is 397 g/mol. The Bertz CT molecular complexity index is 933. The van der Waals surface area contributed by atoms with Crippen molar-refractivity contribution in [1.29, 1.82) is 0 Å². The van der Waals surface area contributed by atoms with Crippen LogP contribution >= 0.6 is 0 Å². The second-order valence-corrected chi connectivity index (χ2v) is 8.57. The highest BCUT2D eigenvalue weighted by molar-refractivity contribution is 6.24. The SMILES string of the molecule is CN1C(=O)[C@@H]2C=C(NC(=O)OC(C)(C)C)[C@H]1[C@H]1C(=O)N(c3ccccc3)C(=O)[C@H]12. The Morgan fingerprint density at radius 2 is 1.62 bits per heavy atom. The van der Waals surface area contributed by atoms with Gasteiger partial charge in [0.25, 0.3) is 0 Å². The Hall–Kier alpha value is -3.16. The van der Waals surface area contributed by atoms with Crippen LogP contribution in [0.25, 0.3) is 0 Å². The lowest BCUT2D eigenvalue weighted by Gasteiger charge is -2.47. The van der Waals surface area contributed by atoms with Crippen molar-refractivity contribution in [2.45, 2.75) is 32.4 Å². The quantitative estimate of drug-likeness (QED) is 0.766. The average Bonchev–Trinajstić information content (AvgIpc) is 2.89. The van der Waals surface area contributed by atoms with Crippen molar-refractivity contribution in [2.24, 2.45) is 17.8 Å². The van der Waals surface area contributed by atoms with Gasteiger partial charge in [-0.05, 0) is 39.0 Å². The zero-order chi connectivity index (χ0) is 21.1. The summed E-state index contributed by atoms with van der Waals surface area (Å²) in [4.78, 5) is 54.0. The Labute approximate surface area is 168 Å². The predicted molar refractivity (Wildman–Crippen MR) is 103 cm³/mol. The summed E-state index contributed by atoms with van der Waals surface area (Å²) in [5.74, 6) is -3.29. The summed E-state index contributed by atoms with van der Waals surface area (Å²) in [5.41, 5.74) is 0.211. The first kappa shape index (κ1) is 19.2. The second kappa shape index (κ2) is 6.43. The minimum absolute atomic E-state index is 0.234. The zero-order valence-corrected chi connectivity index (χ0v) is 16.7. The molecule has 8 heteroatoms. The van der Waals surface area contributed by atoms with Crippen LogP contribution in [0.2, 0.25) is 0 Å². The molecule has 1 aromatic rings. The summed E-state index contributed by atoms with van der Waals surface area (Å²) in [5, 5.41) is 2.68. The van der Waals surface area contributed by atoms with Crippen LogP contribution in [-0.4, -0.2) is 47.4 Å². The van der Waals surface area contributed by atoms with Gasteiger partial charge in [0.15, 0.2) is 0 Å². The summed E-state index contributed by atoms with van der Waals surface area (Å²) in [6.07, 6.45) is 0.933. The molecule has 0 unspecified atom stereocenters. The molecule has 4 aliphatic rings. The number of nitrogens with one attached hydrogen (secondary N) is 1. The lowest BCUT2D eigenvalue weighted by Crippen LogP contribution is -2.62. The Morgan fingerprint density at radius 3 is 2.24 bits per heavy atom. The molecule has 8 nitrogen and oxygen atoms in total. The highest BCUT2D eigenvalue weighted by Crippen LogP contribution is 2.48. The number of ether oxygens (including phenoxy) is 1. The number of piperidine rings is 1. The van der Waals surface area contributed by atoms with Crippen LogP contribution in [0.3, 0.4) is 0 Å². The van der Waals surface area contributed by atoms with Gasteiger partial charge in [-0.25, -0.2) is 9.69 Å². The van der Waals surface area contributed by atoms with E-state index in [4.69, 9.17) is 4.74 Å². The third-order valence-corrected chi connectivity index (χ3v) is 5.51. The van der Waals surface area contributed by atoms with Gasteiger partial charge in [0, 0.05) is 12.7 Å². The standard InChI is InChI=1S/C21H23N3O5/c1-21(2,3)29-20(28)22-13-10-12-14-15(16(13)23(4)17(12)25)19(27)24(18(14)26)11-8-6-5-7-9-11/h5-10,12,14-16H,1-4H3,(H,22,28)/t12-,14+,15+,16+/m1/s1. The van der Waals surface area contributed by atoms with E-state index in [2.05, 4.69) is 5.32 Å². The van der Waals surface area contributed by atoms with Crippen LogP contribution in [0, 0.1) is 17.8 Å². The van der Waals surface area contributed by atoms with Crippen LogP contribution in [0.1, 0.15) is 20.8 Å². The van der Waals surface area contributed by atoms with E-state index in [1.807, 2.05) is 0 Å². The third kappa shape index (κ3) is 2.99. The van der Waals surface area contributed by atoms with Gasteiger partial charge in [-0.2, -0.15) is 0 Å². The first-order valence-electron chi connectivity index (χ1n) is 9.51. The topological polar surface area (TPSA) is 96.0 Å². The number of anilines is 1. The van der Waals surface area contributed by atoms with E-state index in [0.29, 0.717) is 11.4 Å². The number of imide groups is 1. The molecular formula is C21H23N3O5. The van der Waals surface area contributed by atoms with Crippen molar-refractivity contribution >= 4 is 29.5 Å².